The van der Waals surface area contributed by atoms with Crippen LogP contribution in [-0.4, -0.2) is 75.2 Å². The zero-order chi connectivity index (χ0) is 12.0. The normalized spacial score (nSPS) is 18.9. The Morgan fingerprint density at radius 3 is 2.62 bits per heavy atom. The third-order valence-electron chi connectivity index (χ3n) is 2.60. The quantitative estimate of drug-likeness (QED) is 0.683. The molecule has 5 heteroatoms. The fraction of sp³-hybridized carbons (Fsp3) is 0.909. The number of nitrogens with zero attached hydrogens (tertiary/aromatic N) is 2. The lowest BCUT2D eigenvalue weighted by molar-refractivity contribution is -0.134. The number of morpholine rings is 1. The Kier molecular flexibility index (Phi) is 5.73. The Morgan fingerprint density at radius 1 is 1.44 bits per heavy atom. The van der Waals surface area contributed by atoms with Crippen molar-refractivity contribution in [3.8, 4) is 0 Å². The molecule has 0 aromatic heterocycles. The number of likely N-dealkylation sites (N-methyl/N-ethyl adjacent to an activating group) is 1. The van der Waals surface area contributed by atoms with Crippen LogP contribution in [0.2, 0.25) is 0 Å². The molecule has 0 aromatic carbocycles. The lowest BCUT2D eigenvalue weighted by Crippen LogP contribution is -2.47. The van der Waals surface area contributed by atoms with Crippen LogP contribution in [0.5, 0.6) is 0 Å². The summed E-state index contributed by atoms with van der Waals surface area (Å²) in [5, 5.41) is 3.24. The molecule has 1 aliphatic rings. The molecule has 1 saturated heterocycles. The summed E-state index contributed by atoms with van der Waals surface area (Å²) in [5.74, 6) is 0.175. The van der Waals surface area contributed by atoms with E-state index in [1.165, 1.54) is 0 Å². The molecule has 0 aromatic rings. The second-order valence-corrected chi connectivity index (χ2v) is 4.54. The van der Waals surface area contributed by atoms with Crippen molar-refractivity contribution >= 4 is 5.91 Å². The average Bonchev–Trinajstić information content (AvgIpc) is 2.26. The summed E-state index contributed by atoms with van der Waals surface area (Å²) in [7, 11) is 4.06. The highest BCUT2D eigenvalue weighted by molar-refractivity contribution is 5.78. The first-order chi connectivity index (χ1) is 7.59. The summed E-state index contributed by atoms with van der Waals surface area (Å²) < 4.78 is 5.21. The van der Waals surface area contributed by atoms with E-state index in [1.807, 2.05) is 19.0 Å². The molecule has 0 radical (unpaired) electrons. The second-order valence-electron chi connectivity index (χ2n) is 4.54. The fourth-order valence-electron chi connectivity index (χ4n) is 1.80. The molecule has 16 heavy (non-hydrogen) atoms. The maximum absolute atomic E-state index is 11.8. The first-order valence-electron chi connectivity index (χ1n) is 5.83. The average molecular weight is 229 g/mol. The third-order valence-corrected chi connectivity index (χ3v) is 2.60. The maximum Gasteiger partial charge on any atom is 0.236 e. The fourth-order valence-corrected chi connectivity index (χ4v) is 1.80. The molecule has 0 spiro atoms. The molecule has 1 amide bonds. The minimum atomic E-state index is 0.175. The van der Waals surface area contributed by atoms with Crippen LogP contribution in [0.3, 0.4) is 0 Å². The molecule has 0 saturated carbocycles. The van der Waals surface area contributed by atoms with Gasteiger partial charge in [0.25, 0.3) is 0 Å². The molecule has 5 nitrogen and oxygen atoms in total. The molecular weight excluding hydrogens is 206 g/mol. The Labute approximate surface area is 97.7 Å². The highest BCUT2D eigenvalue weighted by Crippen LogP contribution is 1.97. The van der Waals surface area contributed by atoms with E-state index in [0.717, 1.165) is 19.6 Å². The number of hydrogen-bond donors (Lipinski definition) is 1. The first kappa shape index (κ1) is 13.4. The van der Waals surface area contributed by atoms with Crippen molar-refractivity contribution in [2.45, 2.75) is 13.0 Å². The highest BCUT2D eigenvalue weighted by Gasteiger charge is 2.16. The molecule has 1 atom stereocenters. The van der Waals surface area contributed by atoms with E-state index in [2.05, 4.69) is 17.1 Å². The van der Waals surface area contributed by atoms with Crippen LogP contribution < -0.4 is 5.32 Å². The molecule has 94 valence electrons. The molecule has 1 aliphatic heterocycles. The number of rotatable bonds is 5. The van der Waals surface area contributed by atoms with Gasteiger partial charge in [-0.1, -0.05) is 0 Å². The van der Waals surface area contributed by atoms with Crippen LogP contribution >= 0.6 is 0 Å². The molecule has 1 fully saturated rings. The lowest BCUT2D eigenvalue weighted by atomic mass is 10.3. The van der Waals surface area contributed by atoms with Gasteiger partial charge in [0.15, 0.2) is 0 Å². The molecule has 1 heterocycles. The molecule has 1 N–H and O–H groups in total. The summed E-state index contributed by atoms with van der Waals surface area (Å²) in [6, 6.07) is 0.333. The van der Waals surface area contributed by atoms with Gasteiger partial charge in [0.1, 0.15) is 0 Å². The molecule has 1 unspecified atom stereocenters. The summed E-state index contributed by atoms with van der Waals surface area (Å²) in [5.41, 5.74) is 0. The Bertz CT molecular complexity index is 215. The van der Waals surface area contributed by atoms with Crippen LogP contribution in [0.15, 0.2) is 0 Å². The molecule has 0 aliphatic carbocycles. The minimum Gasteiger partial charge on any atom is -0.378 e. The Morgan fingerprint density at radius 2 is 2.06 bits per heavy atom. The number of hydrogen-bond acceptors (Lipinski definition) is 4. The monoisotopic (exact) mass is 229 g/mol. The summed E-state index contributed by atoms with van der Waals surface area (Å²) in [6.45, 7) is 6.24. The third kappa shape index (κ3) is 4.92. The van der Waals surface area contributed by atoms with Gasteiger partial charge in [-0.3, -0.25) is 4.79 Å². The van der Waals surface area contributed by atoms with Gasteiger partial charge in [0, 0.05) is 25.7 Å². The van der Waals surface area contributed by atoms with Crippen molar-refractivity contribution in [2.75, 3.05) is 53.5 Å². The zero-order valence-corrected chi connectivity index (χ0v) is 10.5. The number of nitrogens with one attached hydrogen (secondary N) is 1. The number of ether oxygens (including phenoxy) is 1. The number of carbonyl (C=O) groups is 1. The van der Waals surface area contributed by atoms with Crippen LogP contribution in [0, 0.1) is 0 Å². The Balaban J connectivity index is 2.18. The van der Waals surface area contributed by atoms with Crippen molar-refractivity contribution in [1.29, 1.82) is 0 Å². The molecule has 0 bridgehead atoms. The van der Waals surface area contributed by atoms with Gasteiger partial charge < -0.3 is 19.9 Å². The van der Waals surface area contributed by atoms with Crippen molar-refractivity contribution < 1.29 is 9.53 Å². The van der Waals surface area contributed by atoms with Gasteiger partial charge in [0.05, 0.1) is 19.8 Å². The van der Waals surface area contributed by atoms with Gasteiger partial charge >= 0.3 is 0 Å². The smallest absolute Gasteiger partial charge is 0.236 e. The SMILES string of the molecule is CC(CN(C)C)NCC(=O)N1CCOCC1. The van der Waals surface area contributed by atoms with E-state index in [4.69, 9.17) is 4.74 Å². The number of amides is 1. The van der Waals surface area contributed by atoms with Gasteiger partial charge in [0.2, 0.25) is 5.91 Å². The topological polar surface area (TPSA) is 44.8 Å². The summed E-state index contributed by atoms with van der Waals surface area (Å²) in [4.78, 5) is 15.8. The summed E-state index contributed by atoms with van der Waals surface area (Å²) in [6.07, 6.45) is 0. The van der Waals surface area contributed by atoms with E-state index in [9.17, 15) is 4.79 Å². The predicted molar refractivity (Wildman–Crippen MR) is 63.4 cm³/mol. The van der Waals surface area contributed by atoms with Crippen LogP contribution in [0.1, 0.15) is 6.92 Å². The summed E-state index contributed by atoms with van der Waals surface area (Å²) >= 11 is 0. The molecule has 1 rings (SSSR count). The maximum atomic E-state index is 11.8. The van der Waals surface area contributed by atoms with Crippen molar-refractivity contribution in [3.05, 3.63) is 0 Å². The van der Waals surface area contributed by atoms with Crippen molar-refractivity contribution in [1.82, 2.24) is 15.1 Å². The van der Waals surface area contributed by atoms with Crippen LogP contribution in [0.25, 0.3) is 0 Å². The van der Waals surface area contributed by atoms with Crippen LogP contribution in [0.4, 0.5) is 0 Å². The van der Waals surface area contributed by atoms with Gasteiger partial charge in [-0.15, -0.1) is 0 Å². The standard InChI is InChI=1S/C11H23N3O2/c1-10(9-13(2)3)12-8-11(15)14-4-6-16-7-5-14/h10,12H,4-9H2,1-3H3. The van der Waals surface area contributed by atoms with E-state index in [0.29, 0.717) is 25.8 Å². The van der Waals surface area contributed by atoms with Gasteiger partial charge in [-0.25, -0.2) is 0 Å². The van der Waals surface area contributed by atoms with Gasteiger partial charge in [-0.2, -0.15) is 0 Å². The first-order valence-corrected chi connectivity index (χ1v) is 5.83. The number of carbonyl (C=O) groups excluding carboxylic acids is 1. The van der Waals surface area contributed by atoms with Gasteiger partial charge in [-0.05, 0) is 21.0 Å². The zero-order valence-electron chi connectivity index (χ0n) is 10.5. The minimum absolute atomic E-state index is 0.175. The lowest BCUT2D eigenvalue weighted by Gasteiger charge is -2.27. The van der Waals surface area contributed by atoms with E-state index < -0.39 is 0 Å². The highest BCUT2D eigenvalue weighted by atomic mass is 16.5. The van der Waals surface area contributed by atoms with Crippen molar-refractivity contribution in [3.63, 3.8) is 0 Å². The van der Waals surface area contributed by atoms with E-state index in [1.54, 1.807) is 0 Å². The largest absolute Gasteiger partial charge is 0.378 e. The van der Waals surface area contributed by atoms with Crippen molar-refractivity contribution in [2.24, 2.45) is 0 Å². The molecular formula is C11H23N3O2. The predicted octanol–water partition coefficient (Wildman–Crippen LogP) is -0.615. The Hall–Kier alpha value is -0.650. The van der Waals surface area contributed by atoms with Crippen LogP contribution in [-0.2, 0) is 9.53 Å². The second kappa shape index (κ2) is 6.83. The van der Waals surface area contributed by atoms with E-state index in [-0.39, 0.29) is 5.91 Å². The van der Waals surface area contributed by atoms with E-state index >= 15 is 0 Å².